The molecule has 2 rings (SSSR count). The molecule has 0 spiro atoms. The van der Waals surface area contributed by atoms with Crippen LogP contribution >= 0.6 is 11.6 Å². The Hall–Kier alpha value is -0.730. The molecule has 1 fully saturated rings. The van der Waals surface area contributed by atoms with Crippen LogP contribution in [-0.2, 0) is 0 Å². The third kappa shape index (κ3) is 2.81. The van der Waals surface area contributed by atoms with E-state index in [0.717, 1.165) is 24.5 Å². The Kier molecular flexibility index (Phi) is 3.88. The molecule has 0 bridgehead atoms. The number of hydrogen-bond donors (Lipinski definition) is 1. The maximum absolute atomic E-state index is 6.06. The van der Waals surface area contributed by atoms with Crippen LogP contribution in [0.5, 0.6) is 0 Å². The Morgan fingerprint density at radius 2 is 2.11 bits per heavy atom. The lowest BCUT2D eigenvalue weighted by Gasteiger charge is -2.40. The van der Waals surface area contributed by atoms with Crippen LogP contribution in [0.25, 0.3) is 0 Å². The molecule has 100 valence electrons. The van der Waals surface area contributed by atoms with Crippen LogP contribution in [0.2, 0.25) is 5.02 Å². The van der Waals surface area contributed by atoms with Gasteiger partial charge in [0.25, 0.3) is 0 Å². The second-order valence-electron chi connectivity index (χ2n) is 5.96. The fourth-order valence-corrected chi connectivity index (χ4v) is 2.92. The molecule has 2 nitrogen and oxygen atoms in total. The second kappa shape index (κ2) is 5.10. The lowest BCUT2D eigenvalue weighted by Crippen LogP contribution is -2.46. The molecule has 1 aromatic rings. The third-order valence-electron chi connectivity index (χ3n) is 3.87. The quantitative estimate of drug-likeness (QED) is 0.835. The highest BCUT2D eigenvalue weighted by atomic mass is 35.5. The SMILES string of the molecule is Cc1cc(Cl)ccc1N1CC(C)NCCC1(C)C. The minimum atomic E-state index is 0.177. The van der Waals surface area contributed by atoms with Crippen molar-refractivity contribution < 1.29 is 0 Å². The summed E-state index contributed by atoms with van der Waals surface area (Å²) in [5.41, 5.74) is 2.74. The summed E-state index contributed by atoms with van der Waals surface area (Å²) in [5, 5.41) is 4.38. The molecule has 1 aliphatic rings. The number of benzene rings is 1. The summed E-state index contributed by atoms with van der Waals surface area (Å²) in [4.78, 5) is 2.52. The average molecular weight is 267 g/mol. The highest BCUT2D eigenvalue weighted by molar-refractivity contribution is 6.30. The zero-order valence-corrected chi connectivity index (χ0v) is 12.5. The van der Waals surface area contributed by atoms with Crippen molar-refractivity contribution in [1.82, 2.24) is 5.32 Å². The molecular weight excluding hydrogens is 244 g/mol. The Morgan fingerprint density at radius 3 is 2.78 bits per heavy atom. The first-order chi connectivity index (χ1) is 8.40. The van der Waals surface area contributed by atoms with Crippen LogP contribution < -0.4 is 10.2 Å². The number of anilines is 1. The van der Waals surface area contributed by atoms with Gasteiger partial charge in [0.15, 0.2) is 0 Å². The van der Waals surface area contributed by atoms with E-state index in [9.17, 15) is 0 Å². The van der Waals surface area contributed by atoms with Gasteiger partial charge in [0, 0.05) is 28.8 Å². The Balaban J connectivity index is 2.38. The average Bonchev–Trinajstić information content (AvgIpc) is 2.38. The van der Waals surface area contributed by atoms with Crippen molar-refractivity contribution in [1.29, 1.82) is 0 Å². The largest absolute Gasteiger partial charge is 0.365 e. The molecule has 1 aromatic carbocycles. The summed E-state index contributed by atoms with van der Waals surface area (Å²) in [5.74, 6) is 0. The van der Waals surface area contributed by atoms with Gasteiger partial charge in [-0.25, -0.2) is 0 Å². The van der Waals surface area contributed by atoms with E-state index in [-0.39, 0.29) is 5.54 Å². The summed E-state index contributed by atoms with van der Waals surface area (Å²) >= 11 is 6.06. The van der Waals surface area contributed by atoms with E-state index < -0.39 is 0 Å². The van der Waals surface area contributed by atoms with E-state index in [1.54, 1.807) is 0 Å². The molecule has 0 radical (unpaired) electrons. The maximum atomic E-state index is 6.06. The van der Waals surface area contributed by atoms with Gasteiger partial charge < -0.3 is 10.2 Å². The standard InChI is InChI=1S/C15H23ClN2/c1-11-9-13(16)5-6-14(11)18-10-12(2)17-8-7-15(18,3)4/h5-6,9,12,17H,7-8,10H2,1-4H3. The lowest BCUT2D eigenvalue weighted by molar-refractivity contribution is 0.452. The molecule has 0 amide bonds. The normalized spacial score (nSPS) is 23.8. The molecule has 1 aliphatic heterocycles. The van der Waals surface area contributed by atoms with Gasteiger partial charge in [-0.1, -0.05) is 11.6 Å². The monoisotopic (exact) mass is 266 g/mol. The summed E-state index contributed by atoms with van der Waals surface area (Å²) in [7, 11) is 0. The van der Waals surface area contributed by atoms with Crippen molar-refractivity contribution in [3.8, 4) is 0 Å². The Morgan fingerprint density at radius 1 is 1.39 bits per heavy atom. The number of rotatable bonds is 1. The van der Waals surface area contributed by atoms with Crippen LogP contribution in [-0.4, -0.2) is 24.7 Å². The smallest absolute Gasteiger partial charge is 0.0410 e. The number of halogens is 1. The van der Waals surface area contributed by atoms with Crippen LogP contribution in [0.1, 0.15) is 32.8 Å². The molecule has 1 N–H and O–H groups in total. The van der Waals surface area contributed by atoms with Crippen molar-refractivity contribution in [3.63, 3.8) is 0 Å². The van der Waals surface area contributed by atoms with Gasteiger partial charge in [-0.15, -0.1) is 0 Å². The molecule has 3 heteroatoms. The van der Waals surface area contributed by atoms with Gasteiger partial charge in [-0.2, -0.15) is 0 Å². The highest BCUT2D eigenvalue weighted by Gasteiger charge is 2.31. The molecule has 1 atom stereocenters. The summed E-state index contributed by atoms with van der Waals surface area (Å²) in [6.07, 6.45) is 1.15. The van der Waals surface area contributed by atoms with Crippen LogP contribution in [0, 0.1) is 6.92 Å². The van der Waals surface area contributed by atoms with E-state index in [2.05, 4.69) is 50.0 Å². The molecule has 0 aliphatic carbocycles. The van der Waals surface area contributed by atoms with Gasteiger partial charge in [-0.3, -0.25) is 0 Å². The van der Waals surface area contributed by atoms with E-state index in [1.165, 1.54) is 11.3 Å². The van der Waals surface area contributed by atoms with E-state index in [4.69, 9.17) is 11.6 Å². The fourth-order valence-electron chi connectivity index (χ4n) is 2.69. The molecule has 1 unspecified atom stereocenters. The lowest BCUT2D eigenvalue weighted by atomic mass is 9.96. The Labute approximate surface area is 115 Å². The van der Waals surface area contributed by atoms with E-state index >= 15 is 0 Å². The fraction of sp³-hybridized carbons (Fsp3) is 0.600. The predicted octanol–water partition coefficient (Wildman–Crippen LogP) is 3.62. The van der Waals surface area contributed by atoms with Crippen molar-refractivity contribution in [2.24, 2.45) is 0 Å². The van der Waals surface area contributed by atoms with Gasteiger partial charge >= 0.3 is 0 Å². The summed E-state index contributed by atoms with van der Waals surface area (Å²) < 4.78 is 0. The first-order valence-corrected chi connectivity index (χ1v) is 7.05. The minimum absolute atomic E-state index is 0.177. The van der Waals surface area contributed by atoms with Crippen molar-refractivity contribution in [3.05, 3.63) is 28.8 Å². The van der Waals surface area contributed by atoms with E-state index in [0.29, 0.717) is 6.04 Å². The highest BCUT2D eigenvalue weighted by Crippen LogP contribution is 2.32. The summed E-state index contributed by atoms with van der Waals surface area (Å²) in [6, 6.07) is 6.71. The van der Waals surface area contributed by atoms with Crippen molar-refractivity contribution >= 4 is 17.3 Å². The first-order valence-electron chi connectivity index (χ1n) is 6.67. The molecular formula is C15H23ClN2. The van der Waals surface area contributed by atoms with Gasteiger partial charge in [0.05, 0.1) is 0 Å². The molecule has 1 saturated heterocycles. The molecule has 0 aromatic heterocycles. The third-order valence-corrected chi connectivity index (χ3v) is 4.10. The van der Waals surface area contributed by atoms with Crippen LogP contribution in [0.3, 0.4) is 0 Å². The Bertz CT molecular complexity index is 429. The van der Waals surface area contributed by atoms with Crippen LogP contribution in [0.15, 0.2) is 18.2 Å². The number of nitrogens with one attached hydrogen (secondary N) is 1. The van der Waals surface area contributed by atoms with Gasteiger partial charge in [0.1, 0.15) is 0 Å². The van der Waals surface area contributed by atoms with E-state index in [1.807, 2.05) is 6.07 Å². The number of nitrogens with zero attached hydrogens (tertiary/aromatic N) is 1. The molecule has 1 heterocycles. The van der Waals surface area contributed by atoms with Crippen LogP contribution in [0.4, 0.5) is 5.69 Å². The first kappa shape index (κ1) is 13.7. The maximum Gasteiger partial charge on any atom is 0.0410 e. The van der Waals surface area contributed by atoms with Crippen molar-refractivity contribution in [2.75, 3.05) is 18.0 Å². The number of aryl methyl sites for hydroxylation is 1. The second-order valence-corrected chi connectivity index (χ2v) is 6.40. The zero-order valence-electron chi connectivity index (χ0n) is 11.8. The minimum Gasteiger partial charge on any atom is -0.365 e. The number of hydrogen-bond acceptors (Lipinski definition) is 2. The van der Waals surface area contributed by atoms with Gasteiger partial charge in [-0.05, 0) is 64.4 Å². The van der Waals surface area contributed by atoms with Crippen molar-refractivity contribution in [2.45, 2.75) is 45.7 Å². The van der Waals surface area contributed by atoms with Gasteiger partial charge in [0.2, 0.25) is 0 Å². The summed E-state index contributed by atoms with van der Waals surface area (Å²) in [6.45, 7) is 11.1. The predicted molar refractivity (Wildman–Crippen MR) is 79.7 cm³/mol. The molecule has 18 heavy (non-hydrogen) atoms. The topological polar surface area (TPSA) is 15.3 Å². The zero-order chi connectivity index (χ0) is 13.3. The molecule has 0 saturated carbocycles.